The summed E-state index contributed by atoms with van der Waals surface area (Å²) in [5, 5.41) is 32.3. The highest BCUT2D eigenvalue weighted by Crippen LogP contribution is 2.27. The molecule has 0 aliphatic carbocycles. The normalized spacial score (nSPS) is 17.3. The number of hydrogen-bond acceptors (Lipinski definition) is 8. The number of carboxylic acid groups (broad SMARTS) is 2. The molecule has 1 saturated heterocycles. The van der Waals surface area contributed by atoms with E-state index in [0.29, 0.717) is 18.0 Å². The van der Waals surface area contributed by atoms with Gasteiger partial charge in [0.15, 0.2) is 17.5 Å². The van der Waals surface area contributed by atoms with Crippen LogP contribution < -0.4 is 0 Å². The number of aliphatic carboxylic acids is 2. The van der Waals surface area contributed by atoms with Crippen LogP contribution in [0.3, 0.4) is 0 Å². The number of ether oxygens (including phenoxy) is 1. The second kappa shape index (κ2) is 10.4. The zero-order valence-electron chi connectivity index (χ0n) is 17.5. The molecular weight excluding hydrogens is 420 g/mol. The van der Waals surface area contributed by atoms with Gasteiger partial charge >= 0.3 is 17.9 Å². The number of rotatable bonds is 10. The molecule has 10 nitrogen and oxygen atoms in total. The molecule has 2 atom stereocenters. The number of carboxylic acids is 2. The van der Waals surface area contributed by atoms with Crippen molar-refractivity contribution in [1.29, 1.82) is 0 Å². The quantitative estimate of drug-likeness (QED) is 0.463. The fourth-order valence-corrected chi connectivity index (χ4v) is 3.65. The minimum atomic E-state index is -2.77. The molecule has 1 aliphatic rings. The van der Waals surface area contributed by atoms with Gasteiger partial charge in [0.25, 0.3) is 0 Å². The lowest BCUT2D eigenvalue weighted by molar-refractivity contribution is -0.174. The first-order valence-electron chi connectivity index (χ1n) is 10.4. The number of aromatic nitrogens is 1. The van der Waals surface area contributed by atoms with Crippen molar-refractivity contribution in [3.05, 3.63) is 42.1 Å². The van der Waals surface area contributed by atoms with Crippen molar-refractivity contribution >= 4 is 17.9 Å². The maximum atomic E-state index is 12.5. The van der Waals surface area contributed by atoms with E-state index in [2.05, 4.69) is 10.1 Å². The van der Waals surface area contributed by atoms with E-state index in [4.69, 9.17) is 14.4 Å². The maximum absolute atomic E-state index is 12.5. The zero-order valence-corrected chi connectivity index (χ0v) is 17.5. The summed E-state index contributed by atoms with van der Waals surface area (Å²) in [7, 11) is 0. The van der Waals surface area contributed by atoms with Crippen LogP contribution in [0.1, 0.15) is 43.9 Å². The van der Waals surface area contributed by atoms with Gasteiger partial charge in [0, 0.05) is 18.2 Å². The first kappa shape index (κ1) is 23.4. The van der Waals surface area contributed by atoms with Crippen molar-refractivity contribution in [2.45, 2.75) is 43.8 Å². The number of carbonyl (C=O) groups is 3. The number of aliphatic hydroxyl groups is 1. The van der Waals surface area contributed by atoms with E-state index in [-0.39, 0.29) is 0 Å². The third-order valence-corrected chi connectivity index (χ3v) is 5.34. The minimum Gasteiger partial charge on any atom is -0.481 e. The van der Waals surface area contributed by atoms with E-state index in [0.717, 1.165) is 37.9 Å². The first-order chi connectivity index (χ1) is 15.3. The van der Waals surface area contributed by atoms with Crippen molar-refractivity contribution in [2.24, 2.45) is 0 Å². The molecule has 3 rings (SSSR count). The highest BCUT2D eigenvalue weighted by atomic mass is 16.5. The van der Waals surface area contributed by atoms with Crippen molar-refractivity contribution in [3.63, 3.8) is 0 Å². The maximum Gasteiger partial charge on any atom is 0.336 e. The van der Waals surface area contributed by atoms with E-state index < -0.39 is 42.5 Å². The van der Waals surface area contributed by atoms with Gasteiger partial charge < -0.3 is 24.6 Å². The van der Waals surface area contributed by atoms with Gasteiger partial charge in [-0.15, -0.1) is 0 Å². The Morgan fingerprint density at radius 1 is 1.09 bits per heavy atom. The molecule has 1 aromatic carbocycles. The fraction of sp³-hybridized carbons (Fsp3) is 0.455. The second-order valence-corrected chi connectivity index (χ2v) is 7.91. The van der Waals surface area contributed by atoms with Gasteiger partial charge in [-0.05, 0) is 25.9 Å². The average molecular weight is 446 g/mol. The number of piperidine rings is 1. The van der Waals surface area contributed by atoms with Crippen LogP contribution in [0.15, 0.2) is 40.9 Å². The summed E-state index contributed by atoms with van der Waals surface area (Å²) < 4.78 is 10.9. The SMILES string of the molecule is O=C(O)CC(O)(CC(=O)OC(CN1CCCCC1)c1cc(-c2ccccc2)on1)C(=O)O. The predicted octanol–water partition coefficient (Wildman–Crippen LogP) is 2.09. The molecule has 172 valence electrons. The topological polar surface area (TPSA) is 150 Å². The van der Waals surface area contributed by atoms with Gasteiger partial charge in [0.05, 0.1) is 12.8 Å². The minimum absolute atomic E-state index is 0.316. The Morgan fingerprint density at radius 2 is 1.78 bits per heavy atom. The van der Waals surface area contributed by atoms with Crippen LogP contribution >= 0.6 is 0 Å². The highest BCUT2D eigenvalue weighted by Gasteiger charge is 2.42. The lowest BCUT2D eigenvalue weighted by Gasteiger charge is -2.30. The number of nitrogens with zero attached hydrogens (tertiary/aromatic N) is 2. The van der Waals surface area contributed by atoms with Crippen LogP contribution in [-0.4, -0.2) is 68.5 Å². The van der Waals surface area contributed by atoms with Crippen molar-refractivity contribution < 1.29 is 39.0 Å². The Labute approximate surface area is 184 Å². The van der Waals surface area contributed by atoms with Crippen LogP contribution in [0.5, 0.6) is 0 Å². The van der Waals surface area contributed by atoms with E-state index in [1.807, 2.05) is 30.3 Å². The summed E-state index contributed by atoms with van der Waals surface area (Å²) in [6.45, 7) is 1.95. The van der Waals surface area contributed by atoms with Gasteiger partial charge in [-0.25, -0.2) is 4.79 Å². The van der Waals surface area contributed by atoms with Crippen LogP contribution in [0.4, 0.5) is 0 Å². The number of benzene rings is 1. The van der Waals surface area contributed by atoms with E-state index in [1.165, 1.54) is 0 Å². The molecule has 0 saturated carbocycles. The number of likely N-dealkylation sites (tertiary alicyclic amines) is 1. The molecule has 0 bridgehead atoms. The molecule has 1 aromatic heterocycles. The van der Waals surface area contributed by atoms with Gasteiger partial charge in [0.2, 0.25) is 0 Å². The first-order valence-corrected chi connectivity index (χ1v) is 10.4. The van der Waals surface area contributed by atoms with Crippen molar-refractivity contribution in [2.75, 3.05) is 19.6 Å². The lowest BCUT2D eigenvalue weighted by atomic mass is 9.96. The molecule has 1 fully saturated rings. The molecule has 3 N–H and O–H groups in total. The molecule has 0 spiro atoms. The highest BCUT2D eigenvalue weighted by molar-refractivity contribution is 5.88. The van der Waals surface area contributed by atoms with E-state index in [1.54, 1.807) is 6.07 Å². The zero-order chi connectivity index (χ0) is 23.1. The number of carbonyl (C=O) groups excluding carboxylic acids is 1. The summed E-state index contributed by atoms with van der Waals surface area (Å²) in [6.07, 6.45) is 0.122. The molecule has 2 heterocycles. The Balaban J connectivity index is 1.78. The molecule has 2 unspecified atom stereocenters. The van der Waals surface area contributed by atoms with Crippen LogP contribution in [-0.2, 0) is 19.1 Å². The van der Waals surface area contributed by atoms with E-state index >= 15 is 0 Å². The van der Waals surface area contributed by atoms with Crippen molar-refractivity contribution in [3.8, 4) is 11.3 Å². The Bertz CT molecular complexity index is 938. The third-order valence-electron chi connectivity index (χ3n) is 5.34. The molecule has 0 amide bonds. The number of hydrogen-bond donors (Lipinski definition) is 3. The molecule has 1 aliphatic heterocycles. The Kier molecular flexibility index (Phi) is 7.60. The van der Waals surface area contributed by atoms with Crippen molar-refractivity contribution in [1.82, 2.24) is 10.1 Å². The van der Waals surface area contributed by atoms with Crippen LogP contribution in [0.25, 0.3) is 11.3 Å². The molecule has 2 aromatic rings. The van der Waals surface area contributed by atoms with Crippen LogP contribution in [0, 0.1) is 0 Å². The second-order valence-electron chi connectivity index (χ2n) is 7.91. The molecular formula is C22H26N2O8. The average Bonchev–Trinajstić information content (AvgIpc) is 3.24. The molecule has 10 heteroatoms. The molecule has 0 radical (unpaired) electrons. The monoisotopic (exact) mass is 446 g/mol. The summed E-state index contributed by atoms with van der Waals surface area (Å²) in [4.78, 5) is 37.0. The largest absolute Gasteiger partial charge is 0.481 e. The van der Waals surface area contributed by atoms with Gasteiger partial charge in [-0.3, -0.25) is 14.5 Å². The lowest BCUT2D eigenvalue weighted by Crippen LogP contribution is -2.43. The molecule has 32 heavy (non-hydrogen) atoms. The number of esters is 1. The third kappa shape index (κ3) is 6.14. The Morgan fingerprint density at radius 3 is 2.41 bits per heavy atom. The van der Waals surface area contributed by atoms with E-state index in [9.17, 15) is 24.6 Å². The summed E-state index contributed by atoms with van der Waals surface area (Å²) in [5.74, 6) is -3.91. The smallest absolute Gasteiger partial charge is 0.336 e. The Hall–Kier alpha value is -3.24. The summed E-state index contributed by atoms with van der Waals surface area (Å²) in [6, 6.07) is 10.9. The van der Waals surface area contributed by atoms with Gasteiger partial charge in [0.1, 0.15) is 5.69 Å². The summed E-state index contributed by atoms with van der Waals surface area (Å²) in [5.41, 5.74) is -1.63. The predicted molar refractivity (Wildman–Crippen MR) is 111 cm³/mol. The van der Waals surface area contributed by atoms with Gasteiger partial charge in [-0.1, -0.05) is 41.9 Å². The van der Waals surface area contributed by atoms with Crippen LogP contribution in [0.2, 0.25) is 0 Å². The van der Waals surface area contributed by atoms with Gasteiger partial charge in [-0.2, -0.15) is 0 Å². The summed E-state index contributed by atoms with van der Waals surface area (Å²) >= 11 is 0. The standard InChI is InChI=1S/C22H26N2O8/c25-19(26)12-22(30,21(28)29)13-20(27)31-18(14-24-9-5-2-6-10-24)16-11-17(32-23-16)15-7-3-1-4-8-15/h1,3-4,7-8,11,18,30H,2,5-6,9-10,12-14H2,(H,25,26)(H,28,29). The fourth-order valence-electron chi connectivity index (χ4n) is 3.65.